The molecule has 4 nitrogen and oxygen atoms in total. The zero-order valence-electron chi connectivity index (χ0n) is 16.1. The Labute approximate surface area is 172 Å². The summed E-state index contributed by atoms with van der Waals surface area (Å²) in [5.41, 5.74) is 2.19. The Kier molecular flexibility index (Phi) is 4.89. The number of sulfone groups is 1. The van der Waals surface area contributed by atoms with Crippen molar-refractivity contribution in [2.24, 2.45) is 11.8 Å². The Morgan fingerprint density at radius 1 is 1.20 bits per heavy atom. The summed E-state index contributed by atoms with van der Waals surface area (Å²) in [6.07, 6.45) is -0.782. The van der Waals surface area contributed by atoms with Crippen LogP contribution in [0.15, 0.2) is 48.7 Å². The van der Waals surface area contributed by atoms with Crippen LogP contribution in [0.3, 0.4) is 0 Å². The summed E-state index contributed by atoms with van der Waals surface area (Å²) in [4.78, 5) is 3.15. The molecule has 0 radical (unpaired) electrons. The Bertz CT molecular complexity index is 1240. The van der Waals surface area contributed by atoms with Crippen molar-refractivity contribution in [1.82, 2.24) is 4.98 Å². The van der Waals surface area contributed by atoms with Gasteiger partial charge in [-0.25, -0.2) is 8.42 Å². The fourth-order valence-electron chi connectivity index (χ4n) is 4.17. The molecule has 1 heterocycles. The lowest BCUT2D eigenvalue weighted by Crippen LogP contribution is -2.08. The normalized spacial score (nSPS) is 20.1. The molecule has 8 heteroatoms. The number of nitrogens with zero attached hydrogens (tertiary/aromatic N) is 1. The van der Waals surface area contributed by atoms with Crippen LogP contribution in [0, 0.1) is 23.2 Å². The van der Waals surface area contributed by atoms with E-state index in [1.165, 1.54) is 18.4 Å². The van der Waals surface area contributed by atoms with E-state index in [1.807, 2.05) is 6.07 Å². The molecule has 4 rings (SSSR count). The first-order valence-corrected chi connectivity index (χ1v) is 11.5. The van der Waals surface area contributed by atoms with Gasteiger partial charge in [0.25, 0.3) is 0 Å². The summed E-state index contributed by atoms with van der Waals surface area (Å²) in [5, 5.41) is 10.2. The Hall–Kier alpha value is -2.79. The lowest BCUT2D eigenvalue weighted by molar-refractivity contribution is -0.137. The van der Waals surface area contributed by atoms with Gasteiger partial charge in [-0.1, -0.05) is 30.3 Å². The summed E-state index contributed by atoms with van der Waals surface area (Å²) >= 11 is 0. The predicted molar refractivity (Wildman–Crippen MR) is 107 cm³/mol. The molecule has 1 N–H and O–H groups in total. The van der Waals surface area contributed by atoms with Gasteiger partial charge in [-0.3, -0.25) is 0 Å². The van der Waals surface area contributed by atoms with Crippen molar-refractivity contribution in [3.05, 3.63) is 70.9 Å². The van der Waals surface area contributed by atoms with Crippen LogP contribution >= 0.6 is 0 Å². The number of aromatic nitrogens is 1. The summed E-state index contributed by atoms with van der Waals surface area (Å²) in [7, 11) is -3.24. The molecule has 1 aromatic heterocycles. The van der Waals surface area contributed by atoms with Crippen molar-refractivity contribution >= 4 is 20.7 Å². The zero-order chi connectivity index (χ0) is 21.7. The molecule has 0 spiro atoms. The third kappa shape index (κ3) is 3.94. The van der Waals surface area contributed by atoms with Crippen LogP contribution in [0.25, 0.3) is 10.9 Å². The predicted octanol–water partition coefficient (Wildman–Crippen LogP) is 5.02. The van der Waals surface area contributed by atoms with Crippen molar-refractivity contribution in [2.75, 3.05) is 6.26 Å². The smallest absolute Gasteiger partial charge is 0.361 e. The summed E-state index contributed by atoms with van der Waals surface area (Å²) in [5.74, 6) is -0.510. The van der Waals surface area contributed by atoms with Gasteiger partial charge in [0.1, 0.15) is 0 Å². The highest BCUT2D eigenvalue weighted by molar-refractivity contribution is 7.89. The molecule has 2 aromatic carbocycles. The van der Waals surface area contributed by atoms with Crippen LogP contribution in [0.1, 0.15) is 34.6 Å². The van der Waals surface area contributed by atoms with Gasteiger partial charge in [-0.05, 0) is 41.2 Å². The number of hydrogen-bond acceptors (Lipinski definition) is 3. The molecule has 0 saturated heterocycles. The van der Waals surface area contributed by atoms with Gasteiger partial charge in [-0.2, -0.15) is 18.4 Å². The minimum absolute atomic E-state index is 0.00398. The largest absolute Gasteiger partial charge is 0.416 e. The number of alkyl halides is 3. The van der Waals surface area contributed by atoms with Gasteiger partial charge in [0.05, 0.1) is 23.3 Å². The maximum absolute atomic E-state index is 13.0. The van der Waals surface area contributed by atoms with E-state index in [4.69, 9.17) is 0 Å². The van der Waals surface area contributed by atoms with E-state index >= 15 is 0 Å². The monoisotopic (exact) mass is 432 g/mol. The van der Waals surface area contributed by atoms with Crippen molar-refractivity contribution < 1.29 is 21.6 Å². The third-order valence-electron chi connectivity index (χ3n) is 5.62. The number of para-hydroxylation sites is 1. The number of nitrogens with one attached hydrogen (secondary N) is 1. The highest BCUT2D eigenvalue weighted by Gasteiger charge is 2.45. The van der Waals surface area contributed by atoms with E-state index in [1.54, 1.807) is 18.3 Å². The van der Waals surface area contributed by atoms with Crippen LogP contribution in [-0.2, 0) is 21.8 Å². The van der Waals surface area contributed by atoms with Crippen molar-refractivity contribution in [1.29, 1.82) is 5.26 Å². The second-order valence-corrected chi connectivity index (χ2v) is 10.0. The highest BCUT2D eigenvalue weighted by atomic mass is 32.2. The minimum Gasteiger partial charge on any atom is -0.361 e. The molecule has 1 saturated carbocycles. The number of benzene rings is 2. The van der Waals surface area contributed by atoms with E-state index in [9.17, 15) is 26.9 Å². The van der Waals surface area contributed by atoms with Gasteiger partial charge in [0, 0.05) is 29.3 Å². The fraction of sp³-hybridized carbons (Fsp3) is 0.318. The van der Waals surface area contributed by atoms with Gasteiger partial charge in [0.15, 0.2) is 9.84 Å². The van der Waals surface area contributed by atoms with E-state index < -0.39 is 21.6 Å². The molecule has 0 bridgehead atoms. The minimum atomic E-state index is -4.41. The molecule has 3 aromatic rings. The summed E-state index contributed by atoms with van der Waals surface area (Å²) < 4.78 is 62.5. The van der Waals surface area contributed by atoms with Crippen molar-refractivity contribution in [3.63, 3.8) is 0 Å². The van der Waals surface area contributed by atoms with Crippen LogP contribution < -0.4 is 0 Å². The maximum atomic E-state index is 13.0. The molecule has 0 aliphatic heterocycles. The molecule has 3 atom stereocenters. The van der Waals surface area contributed by atoms with Crippen LogP contribution in [0.5, 0.6) is 0 Å². The molecule has 0 amide bonds. The molecule has 30 heavy (non-hydrogen) atoms. The Morgan fingerprint density at radius 3 is 2.47 bits per heavy atom. The quantitative estimate of drug-likeness (QED) is 0.615. The molecule has 156 valence electrons. The van der Waals surface area contributed by atoms with E-state index in [2.05, 4.69) is 11.1 Å². The van der Waals surface area contributed by atoms with E-state index in [-0.39, 0.29) is 23.5 Å². The van der Waals surface area contributed by atoms with Crippen molar-refractivity contribution in [3.8, 4) is 6.07 Å². The average molecular weight is 432 g/mol. The number of halogens is 3. The Morgan fingerprint density at radius 2 is 1.90 bits per heavy atom. The second-order valence-electron chi connectivity index (χ2n) is 7.89. The van der Waals surface area contributed by atoms with Crippen LogP contribution in [-0.4, -0.2) is 19.7 Å². The van der Waals surface area contributed by atoms with Gasteiger partial charge < -0.3 is 4.98 Å². The first-order chi connectivity index (χ1) is 14.1. The molecule has 1 aliphatic rings. The number of aromatic amines is 1. The lowest BCUT2D eigenvalue weighted by Gasteiger charge is -2.18. The summed E-state index contributed by atoms with van der Waals surface area (Å²) in [6.45, 7) is 0. The van der Waals surface area contributed by atoms with E-state index in [0.717, 1.165) is 23.1 Å². The standard InChI is InChI=1S/C22H19F3N2O2S/c1-30(28,29)12-14-3-2-4-17-19(11-27-21(14)17)20(18-9-15(18)10-26)13-5-7-16(8-6-13)22(23,24)25/h2-8,11,15,18,20,27H,9,12H2,1H3. The van der Waals surface area contributed by atoms with Crippen molar-refractivity contribution in [2.45, 2.75) is 24.3 Å². The van der Waals surface area contributed by atoms with Gasteiger partial charge in [-0.15, -0.1) is 0 Å². The molecular formula is C22H19F3N2O2S. The first-order valence-electron chi connectivity index (χ1n) is 9.42. The molecule has 1 fully saturated rings. The van der Waals surface area contributed by atoms with Crippen LogP contribution in [0.2, 0.25) is 0 Å². The topological polar surface area (TPSA) is 73.7 Å². The maximum Gasteiger partial charge on any atom is 0.416 e. The molecular weight excluding hydrogens is 413 g/mol. The Balaban J connectivity index is 1.80. The lowest BCUT2D eigenvalue weighted by atomic mass is 9.85. The second kappa shape index (κ2) is 7.17. The zero-order valence-corrected chi connectivity index (χ0v) is 16.9. The molecule has 3 unspecified atom stereocenters. The van der Waals surface area contributed by atoms with Gasteiger partial charge >= 0.3 is 6.18 Å². The number of nitriles is 1. The van der Waals surface area contributed by atoms with Crippen LogP contribution in [0.4, 0.5) is 13.2 Å². The summed E-state index contributed by atoms with van der Waals surface area (Å²) in [6, 6.07) is 12.7. The SMILES string of the molecule is CS(=O)(=O)Cc1cccc2c(C(c3ccc(C(F)(F)F)cc3)C3CC3C#N)c[nH]c12. The number of rotatable bonds is 5. The van der Waals surface area contributed by atoms with E-state index in [0.29, 0.717) is 23.1 Å². The third-order valence-corrected chi connectivity index (χ3v) is 6.45. The number of H-pyrrole nitrogens is 1. The number of hydrogen-bond donors (Lipinski definition) is 1. The fourth-order valence-corrected chi connectivity index (χ4v) is 4.97. The van der Waals surface area contributed by atoms with Gasteiger partial charge in [0.2, 0.25) is 0 Å². The number of fused-ring (bicyclic) bond motifs is 1. The first kappa shape index (κ1) is 20.5. The average Bonchev–Trinajstić information content (AvgIpc) is 3.31. The molecule has 1 aliphatic carbocycles. The highest BCUT2D eigenvalue weighted by Crippen LogP contribution is 2.52.